The van der Waals surface area contributed by atoms with Crippen LogP contribution in [0.1, 0.15) is 11.1 Å². The quantitative estimate of drug-likeness (QED) is 0.516. The summed E-state index contributed by atoms with van der Waals surface area (Å²) in [5, 5.41) is -0.337. The van der Waals surface area contributed by atoms with Crippen LogP contribution >= 0.6 is 34.4 Å². The normalized spacial score (nSPS) is 16.4. The Morgan fingerprint density at radius 3 is 2.48 bits per heavy atom. The summed E-state index contributed by atoms with van der Waals surface area (Å²) >= 11 is 3.03. The zero-order valence-corrected chi connectivity index (χ0v) is 14.8. The molecule has 2 amide bonds. The minimum absolute atomic E-state index is 0.218. The molecule has 23 heavy (non-hydrogen) atoms. The molecule has 0 atom stereocenters. The van der Waals surface area contributed by atoms with Gasteiger partial charge < -0.3 is 0 Å². The summed E-state index contributed by atoms with van der Waals surface area (Å²) in [6.45, 7) is 0.218. The number of thioether (sulfide) groups is 1. The zero-order chi connectivity index (χ0) is 16.4. The van der Waals surface area contributed by atoms with Crippen LogP contribution in [0.2, 0.25) is 0 Å². The third kappa shape index (κ3) is 3.64. The number of rotatable bonds is 3. The van der Waals surface area contributed by atoms with Gasteiger partial charge in [-0.05, 0) is 64.2 Å². The summed E-state index contributed by atoms with van der Waals surface area (Å²) in [4.78, 5) is 25.9. The largest absolute Gasteiger partial charge is 0.293 e. The van der Waals surface area contributed by atoms with Gasteiger partial charge in [0.05, 0.1) is 11.4 Å². The SMILES string of the molecule is O=C1S/C(=C/c2ccccc2F)C(=O)N1Cc1ccc(I)cc1. The van der Waals surface area contributed by atoms with Crippen LogP contribution in [0, 0.1) is 9.39 Å². The number of hydrogen-bond donors (Lipinski definition) is 0. The third-order valence-electron chi connectivity index (χ3n) is 3.32. The van der Waals surface area contributed by atoms with Gasteiger partial charge in [-0.3, -0.25) is 14.5 Å². The molecule has 1 fully saturated rings. The van der Waals surface area contributed by atoms with Crippen molar-refractivity contribution in [2.45, 2.75) is 6.54 Å². The number of nitrogens with zero attached hydrogens (tertiary/aromatic N) is 1. The first-order valence-electron chi connectivity index (χ1n) is 6.79. The van der Waals surface area contributed by atoms with Crippen molar-refractivity contribution in [2.75, 3.05) is 0 Å². The van der Waals surface area contributed by atoms with Crippen molar-refractivity contribution in [2.24, 2.45) is 0 Å². The molecule has 0 radical (unpaired) electrons. The minimum atomic E-state index is -0.420. The molecule has 3 nitrogen and oxygen atoms in total. The van der Waals surface area contributed by atoms with Crippen molar-refractivity contribution < 1.29 is 14.0 Å². The highest BCUT2D eigenvalue weighted by Gasteiger charge is 2.35. The van der Waals surface area contributed by atoms with Gasteiger partial charge in [-0.1, -0.05) is 30.3 Å². The van der Waals surface area contributed by atoms with Gasteiger partial charge in [0, 0.05) is 9.13 Å². The molecule has 6 heteroatoms. The molecule has 0 N–H and O–H groups in total. The fourth-order valence-corrected chi connectivity index (χ4v) is 3.33. The van der Waals surface area contributed by atoms with E-state index in [9.17, 15) is 14.0 Å². The number of imide groups is 1. The highest BCUT2D eigenvalue weighted by Crippen LogP contribution is 2.33. The molecular formula is C17H11FINO2S. The Labute approximate surface area is 150 Å². The van der Waals surface area contributed by atoms with E-state index in [0.717, 1.165) is 20.9 Å². The fourth-order valence-electron chi connectivity index (χ4n) is 2.14. The molecule has 1 aliphatic rings. The average molecular weight is 439 g/mol. The van der Waals surface area contributed by atoms with E-state index >= 15 is 0 Å². The first kappa shape index (κ1) is 16.2. The van der Waals surface area contributed by atoms with Crippen molar-refractivity contribution in [3.63, 3.8) is 0 Å². The fraction of sp³-hybridized carbons (Fsp3) is 0.0588. The maximum absolute atomic E-state index is 13.7. The van der Waals surface area contributed by atoms with Crippen molar-refractivity contribution in [1.82, 2.24) is 4.90 Å². The second-order valence-electron chi connectivity index (χ2n) is 4.92. The second kappa shape index (κ2) is 6.84. The van der Waals surface area contributed by atoms with Crippen LogP contribution < -0.4 is 0 Å². The molecular weight excluding hydrogens is 428 g/mol. The lowest BCUT2D eigenvalue weighted by molar-refractivity contribution is -0.123. The lowest BCUT2D eigenvalue weighted by atomic mass is 10.2. The number of halogens is 2. The van der Waals surface area contributed by atoms with Gasteiger partial charge >= 0.3 is 0 Å². The number of benzene rings is 2. The maximum atomic E-state index is 13.7. The van der Waals surface area contributed by atoms with E-state index < -0.39 is 5.82 Å². The van der Waals surface area contributed by atoms with Crippen LogP contribution in [0.5, 0.6) is 0 Å². The van der Waals surface area contributed by atoms with Gasteiger partial charge in [-0.25, -0.2) is 4.39 Å². The Kier molecular flexibility index (Phi) is 4.82. The van der Waals surface area contributed by atoms with Crippen LogP contribution in [0.4, 0.5) is 9.18 Å². The number of amides is 2. The van der Waals surface area contributed by atoms with E-state index in [4.69, 9.17) is 0 Å². The maximum Gasteiger partial charge on any atom is 0.293 e. The third-order valence-corrected chi connectivity index (χ3v) is 4.95. The number of carbonyl (C=O) groups excluding carboxylic acids is 2. The first-order valence-corrected chi connectivity index (χ1v) is 8.68. The van der Waals surface area contributed by atoms with Crippen LogP contribution in [-0.4, -0.2) is 16.0 Å². The minimum Gasteiger partial charge on any atom is -0.268 e. The van der Waals surface area contributed by atoms with E-state index in [-0.39, 0.29) is 22.6 Å². The summed E-state index contributed by atoms with van der Waals surface area (Å²) in [5.74, 6) is -0.807. The number of hydrogen-bond acceptors (Lipinski definition) is 3. The first-order chi connectivity index (χ1) is 11.0. The Morgan fingerprint density at radius 2 is 1.78 bits per heavy atom. The van der Waals surface area contributed by atoms with E-state index in [0.29, 0.717) is 5.56 Å². The summed E-state index contributed by atoms with van der Waals surface area (Å²) in [7, 11) is 0. The molecule has 0 aromatic heterocycles. The molecule has 116 valence electrons. The highest BCUT2D eigenvalue weighted by atomic mass is 127. The average Bonchev–Trinajstić information content (AvgIpc) is 2.79. The van der Waals surface area contributed by atoms with Gasteiger partial charge in [-0.15, -0.1) is 0 Å². The van der Waals surface area contributed by atoms with Crippen molar-refractivity contribution in [3.05, 3.63) is 74.0 Å². The Morgan fingerprint density at radius 1 is 1.09 bits per heavy atom. The molecule has 1 aliphatic heterocycles. The van der Waals surface area contributed by atoms with Crippen LogP contribution in [-0.2, 0) is 11.3 Å². The van der Waals surface area contributed by atoms with Crippen LogP contribution in [0.3, 0.4) is 0 Å². The summed E-state index contributed by atoms with van der Waals surface area (Å²) in [6, 6.07) is 13.8. The van der Waals surface area contributed by atoms with Crippen molar-refractivity contribution in [3.8, 4) is 0 Å². The van der Waals surface area contributed by atoms with E-state index in [1.807, 2.05) is 24.3 Å². The predicted molar refractivity (Wildman–Crippen MR) is 97.1 cm³/mol. The molecule has 0 bridgehead atoms. The van der Waals surface area contributed by atoms with Gasteiger partial charge in [-0.2, -0.15) is 0 Å². The smallest absolute Gasteiger partial charge is 0.268 e. The topological polar surface area (TPSA) is 37.4 Å². The summed E-state index contributed by atoms with van der Waals surface area (Å²) in [6.07, 6.45) is 1.42. The van der Waals surface area contributed by atoms with E-state index in [1.165, 1.54) is 17.0 Å². The molecule has 1 saturated heterocycles. The summed E-state index contributed by atoms with van der Waals surface area (Å²) < 4.78 is 14.8. The van der Waals surface area contributed by atoms with E-state index in [1.54, 1.807) is 18.2 Å². The number of carbonyl (C=O) groups is 2. The molecule has 0 unspecified atom stereocenters. The van der Waals surface area contributed by atoms with Crippen LogP contribution in [0.25, 0.3) is 6.08 Å². The van der Waals surface area contributed by atoms with Gasteiger partial charge in [0.1, 0.15) is 5.82 Å². The summed E-state index contributed by atoms with van der Waals surface area (Å²) in [5.41, 5.74) is 1.17. The van der Waals surface area contributed by atoms with Gasteiger partial charge in [0.15, 0.2) is 0 Å². The predicted octanol–water partition coefficient (Wildman–Crippen LogP) is 4.67. The van der Waals surface area contributed by atoms with E-state index in [2.05, 4.69) is 22.6 Å². The molecule has 0 spiro atoms. The van der Waals surface area contributed by atoms with Crippen molar-refractivity contribution in [1.29, 1.82) is 0 Å². The zero-order valence-electron chi connectivity index (χ0n) is 11.8. The Balaban J connectivity index is 1.82. The molecule has 2 aromatic rings. The lowest BCUT2D eigenvalue weighted by Crippen LogP contribution is -2.27. The van der Waals surface area contributed by atoms with Crippen molar-refractivity contribution >= 4 is 51.6 Å². The van der Waals surface area contributed by atoms with Gasteiger partial charge in [0.25, 0.3) is 11.1 Å². The lowest BCUT2D eigenvalue weighted by Gasteiger charge is -2.12. The second-order valence-corrected chi connectivity index (χ2v) is 7.15. The molecule has 0 aliphatic carbocycles. The monoisotopic (exact) mass is 439 g/mol. The Bertz CT molecular complexity index is 804. The van der Waals surface area contributed by atoms with Crippen LogP contribution in [0.15, 0.2) is 53.4 Å². The molecule has 1 heterocycles. The molecule has 2 aromatic carbocycles. The van der Waals surface area contributed by atoms with Gasteiger partial charge in [0.2, 0.25) is 0 Å². The Hall–Kier alpha value is -1.67. The molecule has 3 rings (SSSR count). The standard InChI is InChI=1S/C17H11FINO2S/c18-14-4-2-1-3-12(14)9-15-16(21)20(17(22)23-15)10-11-5-7-13(19)8-6-11/h1-9H,10H2/b15-9+. The highest BCUT2D eigenvalue weighted by molar-refractivity contribution is 14.1. The molecule has 0 saturated carbocycles.